The van der Waals surface area contributed by atoms with Crippen molar-refractivity contribution in [1.29, 1.82) is 0 Å². The number of hydrogen-bond donors (Lipinski definition) is 1. The lowest BCUT2D eigenvalue weighted by Gasteiger charge is -2.50. The summed E-state index contributed by atoms with van der Waals surface area (Å²) in [4.78, 5) is 11.8. The lowest BCUT2D eigenvalue weighted by molar-refractivity contribution is -0.110. The van der Waals surface area contributed by atoms with Gasteiger partial charge in [0.05, 0.1) is 0 Å². The van der Waals surface area contributed by atoms with Crippen molar-refractivity contribution in [2.75, 3.05) is 0 Å². The molecule has 94 valence electrons. The summed E-state index contributed by atoms with van der Waals surface area (Å²) in [7, 11) is 0. The maximum atomic E-state index is 11.8. The molecule has 3 saturated heterocycles. The lowest BCUT2D eigenvalue weighted by Crippen LogP contribution is -2.63. The van der Waals surface area contributed by atoms with Gasteiger partial charge >= 0.3 is 0 Å². The summed E-state index contributed by atoms with van der Waals surface area (Å²) in [5.74, 6) is 0. The minimum atomic E-state index is -0.0690. The van der Waals surface area contributed by atoms with Gasteiger partial charge in [0, 0.05) is 5.31 Å². The molecule has 2 N–H and O–H groups in total. The highest BCUT2D eigenvalue weighted by atomic mass is 16.1. The fourth-order valence-corrected chi connectivity index (χ4v) is 5.64. The third-order valence-corrected chi connectivity index (χ3v) is 6.17. The van der Waals surface area contributed by atoms with Crippen LogP contribution in [0.4, 0.5) is 0 Å². The zero-order chi connectivity index (χ0) is 12.1. The van der Waals surface area contributed by atoms with Crippen LogP contribution in [0.3, 0.4) is 0 Å². The van der Waals surface area contributed by atoms with Gasteiger partial charge in [-0.1, -0.05) is 44.3 Å². The number of hydrogen-bond acceptors (Lipinski definition) is 2. The van der Waals surface area contributed by atoms with E-state index in [4.69, 9.17) is 5.73 Å². The van der Waals surface area contributed by atoms with Gasteiger partial charge in [0.1, 0.15) is 6.29 Å². The zero-order valence-electron chi connectivity index (χ0n) is 11.0. The first-order chi connectivity index (χ1) is 8.05. The normalized spacial score (nSPS) is 49.6. The summed E-state index contributed by atoms with van der Waals surface area (Å²) >= 11 is 0. The van der Waals surface area contributed by atoms with E-state index < -0.39 is 0 Å². The molecule has 3 heteroatoms. The van der Waals surface area contributed by atoms with Crippen LogP contribution >= 0.6 is 0 Å². The second kappa shape index (κ2) is 3.60. The monoisotopic (exact) mass is 233 g/mol. The van der Waals surface area contributed by atoms with Gasteiger partial charge in [-0.05, 0) is 31.1 Å². The maximum absolute atomic E-state index is 11.8. The third-order valence-electron chi connectivity index (χ3n) is 6.17. The molecule has 0 aromatic carbocycles. The molecule has 3 heterocycles. The molecule has 0 aromatic heterocycles. The summed E-state index contributed by atoms with van der Waals surface area (Å²) in [6.07, 6.45) is 11.9. The van der Waals surface area contributed by atoms with Crippen LogP contribution in [0.15, 0.2) is 0 Å². The average molecular weight is 233 g/mol. The van der Waals surface area contributed by atoms with Crippen LogP contribution in [0, 0.1) is 0 Å². The Labute approximate surface area is 105 Å². The van der Waals surface area contributed by atoms with E-state index in [0.29, 0.717) is 12.0 Å². The summed E-state index contributed by atoms with van der Waals surface area (Å²) in [6.45, 7) is 2.85. The Hall–Kier alpha value is -0.305. The van der Waals surface area contributed by atoms with E-state index in [-0.39, 0.29) is 10.8 Å². The van der Waals surface area contributed by atoms with E-state index in [0.717, 1.165) is 25.7 Å². The number of carbonyl (C=O) groups is 1. The lowest BCUT2D eigenvalue weighted by atomic mass is 9.16. The van der Waals surface area contributed by atoms with Crippen molar-refractivity contribution in [3.8, 4) is 0 Å². The molecule has 2 unspecified atom stereocenters. The van der Waals surface area contributed by atoms with Gasteiger partial charge in [-0.15, -0.1) is 0 Å². The molecule has 2 nitrogen and oxygen atoms in total. The van der Waals surface area contributed by atoms with Gasteiger partial charge < -0.3 is 10.5 Å². The molecular formula is C14H24BNO. The van der Waals surface area contributed by atoms with E-state index >= 15 is 0 Å². The minimum absolute atomic E-state index is 0.0408. The van der Waals surface area contributed by atoms with Gasteiger partial charge in [-0.25, -0.2) is 0 Å². The molecular weight excluding hydrogens is 209 g/mol. The Balaban J connectivity index is 2.09. The number of aldehydes is 1. The van der Waals surface area contributed by atoms with Gasteiger partial charge in [-0.2, -0.15) is 0 Å². The van der Waals surface area contributed by atoms with Crippen molar-refractivity contribution in [3.05, 3.63) is 0 Å². The summed E-state index contributed by atoms with van der Waals surface area (Å²) in [5.41, 5.74) is 6.73. The van der Waals surface area contributed by atoms with Crippen LogP contribution < -0.4 is 5.73 Å². The molecule has 0 spiro atoms. The van der Waals surface area contributed by atoms with Gasteiger partial charge in [0.2, 0.25) is 0 Å². The first kappa shape index (κ1) is 11.8. The van der Waals surface area contributed by atoms with Crippen LogP contribution in [0.2, 0.25) is 10.6 Å². The minimum Gasteiger partial charge on any atom is -0.332 e. The van der Waals surface area contributed by atoms with E-state index in [9.17, 15) is 4.79 Å². The topological polar surface area (TPSA) is 43.1 Å². The quantitative estimate of drug-likeness (QED) is 0.558. The van der Waals surface area contributed by atoms with Crippen molar-refractivity contribution in [3.63, 3.8) is 0 Å². The Bertz CT molecular complexity index is 347. The first-order valence-electron chi connectivity index (χ1n) is 7.30. The Morgan fingerprint density at radius 2 is 1.71 bits per heavy atom. The number of nitrogens with two attached hydrogens (primary N) is 1. The second-order valence-electron chi connectivity index (χ2n) is 7.23. The summed E-state index contributed by atoms with van der Waals surface area (Å²) < 4.78 is 0. The molecule has 3 atom stereocenters. The highest BCUT2D eigenvalue weighted by Gasteiger charge is 2.65. The van der Waals surface area contributed by atoms with Crippen molar-refractivity contribution >= 4 is 13.0 Å². The Morgan fingerprint density at radius 1 is 1.00 bits per heavy atom. The second-order valence-corrected chi connectivity index (χ2v) is 7.23. The highest BCUT2D eigenvalue weighted by Crippen LogP contribution is 2.67. The van der Waals surface area contributed by atoms with Crippen LogP contribution in [0.1, 0.15) is 64.7 Å². The molecule has 0 radical (unpaired) electrons. The fourth-order valence-electron chi connectivity index (χ4n) is 5.64. The highest BCUT2D eigenvalue weighted by molar-refractivity contribution is 6.73. The van der Waals surface area contributed by atoms with Crippen molar-refractivity contribution in [1.82, 2.24) is 0 Å². The molecule has 3 aliphatic heterocycles. The molecule has 3 fully saturated rings. The van der Waals surface area contributed by atoms with E-state index in [1.165, 1.54) is 38.4 Å². The fraction of sp³-hybridized carbons (Fsp3) is 0.929. The van der Waals surface area contributed by atoms with Crippen LogP contribution in [0.5, 0.6) is 0 Å². The van der Waals surface area contributed by atoms with Gasteiger partial charge in [-0.3, -0.25) is 0 Å². The smallest absolute Gasteiger partial charge is 0.185 e. The standard InChI is InChI=1S/C14H24BNO/c1-12-5-4-8-14(16)7-3-2-6-13(11-17,10-9-12)15(12)14/h11H,2-10,16H2,1H3/t12-,13?,14?/m1/s1. The summed E-state index contributed by atoms with van der Waals surface area (Å²) in [6, 6.07) is 0. The largest absolute Gasteiger partial charge is 0.332 e. The average Bonchev–Trinajstić information content (AvgIpc) is 2.50. The van der Waals surface area contributed by atoms with Crippen LogP contribution in [0.25, 0.3) is 0 Å². The van der Waals surface area contributed by atoms with Gasteiger partial charge in [0.25, 0.3) is 0 Å². The molecule has 0 bridgehead atoms. The van der Waals surface area contributed by atoms with E-state index in [1.54, 1.807) is 0 Å². The predicted octanol–water partition coefficient (Wildman–Crippen LogP) is 2.97. The zero-order valence-corrected chi connectivity index (χ0v) is 11.0. The first-order valence-corrected chi connectivity index (χ1v) is 7.30. The van der Waals surface area contributed by atoms with Crippen molar-refractivity contribution < 1.29 is 4.79 Å². The number of rotatable bonds is 1. The SMILES string of the molecule is C[C@@]12CCCC3(N)CCCCC(C=O)(CC1)B32. The molecule has 0 saturated carbocycles. The van der Waals surface area contributed by atoms with E-state index in [1.807, 2.05) is 0 Å². The molecule has 0 aromatic rings. The predicted molar refractivity (Wildman–Crippen MR) is 71.3 cm³/mol. The maximum Gasteiger partial charge on any atom is 0.185 e. The molecule has 17 heavy (non-hydrogen) atoms. The molecule has 0 amide bonds. The van der Waals surface area contributed by atoms with Crippen molar-refractivity contribution in [2.24, 2.45) is 5.73 Å². The summed E-state index contributed by atoms with van der Waals surface area (Å²) in [5, 5.41) is 0.276. The van der Waals surface area contributed by atoms with Gasteiger partial charge in [0.15, 0.2) is 6.71 Å². The number of carbonyl (C=O) groups excluding carboxylic acids is 1. The Kier molecular flexibility index (Phi) is 2.49. The Morgan fingerprint density at radius 3 is 2.47 bits per heavy atom. The van der Waals surface area contributed by atoms with Crippen LogP contribution in [-0.2, 0) is 4.79 Å². The molecule has 3 rings (SSSR count). The van der Waals surface area contributed by atoms with Crippen LogP contribution in [-0.4, -0.2) is 18.4 Å². The molecule has 0 aliphatic carbocycles. The van der Waals surface area contributed by atoms with E-state index in [2.05, 4.69) is 6.92 Å². The van der Waals surface area contributed by atoms with Crippen molar-refractivity contribution in [2.45, 2.75) is 80.8 Å². The third kappa shape index (κ3) is 1.47. The molecule has 3 aliphatic rings.